The summed E-state index contributed by atoms with van der Waals surface area (Å²) in [5.41, 5.74) is 4.72. The van der Waals surface area contributed by atoms with Crippen LogP contribution in [-0.2, 0) is 0 Å². The van der Waals surface area contributed by atoms with Crippen LogP contribution in [0.15, 0.2) is 109 Å². The first kappa shape index (κ1) is 16.9. The van der Waals surface area contributed by atoms with Crippen molar-refractivity contribution in [3.8, 4) is 33.8 Å². The van der Waals surface area contributed by atoms with E-state index in [1.165, 1.54) is 22.3 Å². The summed E-state index contributed by atoms with van der Waals surface area (Å²) in [6, 6.07) is 36.6. The second kappa shape index (κ2) is 8.24. The quantitative estimate of drug-likeness (QED) is 0.372. The van der Waals surface area contributed by atoms with Crippen LogP contribution in [0.1, 0.15) is 0 Å². The lowest BCUT2D eigenvalue weighted by atomic mass is 10.1. The average molecular weight is 352 g/mol. The molecule has 0 amide bonds. The highest BCUT2D eigenvalue weighted by molar-refractivity contribution is 5.64. The summed E-state index contributed by atoms with van der Waals surface area (Å²) in [6.45, 7) is 0.176. The van der Waals surface area contributed by atoms with Gasteiger partial charge in [-0.3, -0.25) is 0 Å². The Morgan fingerprint density at radius 1 is 0.370 bits per heavy atom. The van der Waals surface area contributed by atoms with Gasteiger partial charge in [-0.25, -0.2) is 0 Å². The molecular weight excluding hydrogens is 332 g/mol. The van der Waals surface area contributed by atoms with Crippen molar-refractivity contribution in [2.75, 3.05) is 6.79 Å². The molecule has 0 unspecified atom stereocenters. The third-order valence-corrected chi connectivity index (χ3v) is 4.37. The van der Waals surface area contributed by atoms with Crippen molar-refractivity contribution in [2.45, 2.75) is 0 Å². The topological polar surface area (TPSA) is 18.5 Å². The van der Waals surface area contributed by atoms with Gasteiger partial charge in [-0.05, 0) is 46.5 Å². The molecule has 0 heterocycles. The Morgan fingerprint density at radius 2 is 0.704 bits per heavy atom. The van der Waals surface area contributed by atoms with Crippen LogP contribution in [-0.4, -0.2) is 6.79 Å². The molecule has 132 valence electrons. The molecule has 0 spiro atoms. The van der Waals surface area contributed by atoms with E-state index < -0.39 is 0 Å². The maximum Gasteiger partial charge on any atom is 0.230 e. The molecule has 4 aromatic rings. The molecule has 2 nitrogen and oxygen atoms in total. The van der Waals surface area contributed by atoms with Gasteiger partial charge in [0.25, 0.3) is 0 Å². The fourth-order valence-electron chi connectivity index (χ4n) is 2.91. The van der Waals surface area contributed by atoms with Gasteiger partial charge in [-0.1, -0.05) is 84.9 Å². The SMILES string of the molecule is c1ccc(-c2ccc(OCOc3ccc(-c4ccccc4)cc3)cc2)cc1. The van der Waals surface area contributed by atoms with Gasteiger partial charge < -0.3 is 9.47 Å². The van der Waals surface area contributed by atoms with Crippen molar-refractivity contribution >= 4 is 0 Å². The number of benzene rings is 4. The summed E-state index contributed by atoms with van der Waals surface area (Å²) in [6.07, 6.45) is 0. The minimum Gasteiger partial charge on any atom is -0.458 e. The number of ether oxygens (including phenoxy) is 2. The van der Waals surface area contributed by atoms with E-state index >= 15 is 0 Å². The Morgan fingerprint density at radius 3 is 1.07 bits per heavy atom. The summed E-state index contributed by atoms with van der Waals surface area (Å²) >= 11 is 0. The van der Waals surface area contributed by atoms with Crippen LogP contribution in [0, 0.1) is 0 Å². The Kier molecular flexibility index (Phi) is 5.16. The predicted molar refractivity (Wildman–Crippen MR) is 110 cm³/mol. The summed E-state index contributed by atoms with van der Waals surface area (Å²) in [5.74, 6) is 1.58. The molecule has 0 bridgehead atoms. The van der Waals surface area contributed by atoms with Crippen molar-refractivity contribution in [3.63, 3.8) is 0 Å². The first-order valence-corrected chi connectivity index (χ1v) is 8.95. The lowest BCUT2D eigenvalue weighted by Crippen LogP contribution is -2.05. The van der Waals surface area contributed by atoms with Crippen LogP contribution in [0.4, 0.5) is 0 Å². The van der Waals surface area contributed by atoms with E-state index in [2.05, 4.69) is 48.5 Å². The molecule has 0 aliphatic rings. The molecule has 0 atom stereocenters. The second-order valence-electron chi connectivity index (χ2n) is 6.19. The van der Waals surface area contributed by atoms with Crippen molar-refractivity contribution in [3.05, 3.63) is 109 Å². The summed E-state index contributed by atoms with van der Waals surface area (Å²) in [7, 11) is 0. The molecule has 0 N–H and O–H groups in total. The highest BCUT2D eigenvalue weighted by atomic mass is 16.7. The van der Waals surface area contributed by atoms with Crippen LogP contribution < -0.4 is 9.47 Å². The molecule has 27 heavy (non-hydrogen) atoms. The fourth-order valence-corrected chi connectivity index (χ4v) is 2.91. The van der Waals surface area contributed by atoms with E-state index in [9.17, 15) is 0 Å². The Hall–Kier alpha value is -3.52. The Labute approximate surface area is 159 Å². The van der Waals surface area contributed by atoms with E-state index in [0.29, 0.717) is 0 Å². The molecule has 0 aromatic heterocycles. The van der Waals surface area contributed by atoms with Gasteiger partial charge in [0.05, 0.1) is 0 Å². The second-order valence-corrected chi connectivity index (χ2v) is 6.19. The minimum absolute atomic E-state index is 0.176. The number of hydrogen-bond donors (Lipinski definition) is 0. The molecule has 0 fully saturated rings. The minimum atomic E-state index is 0.176. The molecule has 2 heteroatoms. The third kappa shape index (κ3) is 4.36. The van der Waals surface area contributed by atoms with E-state index in [1.54, 1.807) is 0 Å². The van der Waals surface area contributed by atoms with Crippen LogP contribution in [0.25, 0.3) is 22.3 Å². The van der Waals surface area contributed by atoms with Gasteiger partial charge in [0, 0.05) is 0 Å². The zero-order valence-corrected chi connectivity index (χ0v) is 14.9. The van der Waals surface area contributed by atoms with E-state index in [-0.39, 0.29) is 6.79 Å². The fraction of sp³-hybridized carbons (Fsp3) is 0.0400. The molecule has 0 radical (unpaired) electrons. The van der Waals surface area contributed by atoms with Crippen molar-refractivity contribution in [1.82, 2.24) is 0 Å². The van der Waals surface area contributed by atoms with Gasteiger partial charge in [-0.15, -0.1) is 0 Å². The smallest absolute Gasteiger partial charge is 0.230 e. The lowest BCUT2D eigenvalue weighted by molar-refractivity contribution is 0.120. The largest absolute Gasteiger partial charge is 0.458 e. The zero-order valence-electron chi connectivity index (χ0n) is 14.9. The number of hydrogen-bond acceptors (Lipinski definition) is 2. The first-order chi connectivity index (χ1) is 13.4. The van der Waals surface area contributed by atoms with Gasteiger partial charge >= 0.3 is 0 Å². The predicted octanol–water partition coefficient (Wildman–Crippen LogP) is 6.44. The van der Waals surface area contributed by atoms with Crippen LogP contribution in [0.5, 0.6) is 11.5 Å². The third-order valence-electron chi connectivity index (χ3n) is 4.37. The van der Waals surface area contributed by atoms with E-state index in [4.69, 9.17) is 9.47 Å². The Bertz CT molecular complexity index is 877. The monoisotopic (exact) mass is 352 g/mol. The van der Waals surface area contributed by atoms with Crippen LogP contribution in [0.3, 0.4) is 0 Å². The van der Waals surface area contributed by atoms with Gasteiger partial charge in [0.1, 0.15) is 11.5 Å². The lowest BCUT2D eigenvalue weighted by Gasteiger charge is -2.10. The molecule has 0 aliphatic carbocycles. The average Bonchev–Trinajstić information content (AvgIpc) is 2.76. The molecule has 0 aliphatic heterocycles. The van der Waals surface area contributed by atoms with E-state index in [0.717, 1.165) is 11.5 Å². The van der Waals surface area contributed by atoms with E-state index in [1.807, 2.05) is 60.7 Å². The molecular formula is C25H20O2. The van der Waals surface area contributed by atoms with Crippen molar-refractivity contribution < 1.29 is 9.47 Å². The van der Waals surface area contributed by atoms with Gasteiger partial charge in [0.15, 0.2) is 0 Å². The highest BCUT2D eigenvalue weighted by Gasteiger charge is 2.00. The van der Waals surface area contributed by atoms with Gasteiger partial charge in [0.2, 0.25) is 6.79 Å². The molecule has 4 rings (SSSR count). The summed E-state index contributed by atoms with van der Waals surface area (Å²) in [4.78, 5) is 0. The summed E-state index contributed by atoms with van der Waals surface area (Å²) in [5, 5.41) is 0. The zero-order chi connectivity index (χ0) is 18.3. The maximum atomic E-state index is 5.69. The molecule has 0 saturated carbocycles. The highest BCUT2D eigenvalue weighted by Crippen LogP contribution is 2.24. The number of rotatable bonds is 6. The molecule has 0 saturated heterocycles. The summed E-state index contributed by atoms with van der Waals surface area (Å²) < 4.78 is 11.4. The Balaban J connectivity index is 1.32. The van der Waals surface area contributed by atoms with Crippen molar-refractivity contribution in [2.24, 2.45) is 0 Å². The standard InChI is InChI=1S/C25H20O2/c1-3-7-20(8-4-1)22-11-15-24(16-12-22)26-19-27-25-17-13-23(14-18-25)21-9-5-2-6-10-21/h1-18H,19H2. The van der Waals surface area contributed by atoms with Crippen LogP contribution in [0.2, 0.25) is 0 Å². The first-order valence-electron chi connectivity index (χ1n) is 8.95. The van der Waals surface area contributed by atoms with Crippen LogP contribution >= 0.6 is 0 Å². The maximum absolute atomic E-state index is 5.69. The molecule has 4 aromatic carbocycles. The van der Waals surface area contributed by atoms with Crippen molar-refractivity contribution in [1.29, 1.82) is 0 Å². The van der Waals surface area contributed by atoms with Gasteiger partial charge in [-0.2, -0.15) is 0 Å². The normalized spacial score (nSPS) is 10.4.